The summed E-state index contributed by atoms with van der Waals surface area (Å²) in [7, 11) is 0. The van der Waals surface area contributed by atoms with Gasteiger partial charge in [-0.25, -0.2) is 9.97 Å². The van der Waals surface area contributed by atoms with E-state index in [1.54, 1.807) is 12.4 Å². The van der Waals surface area contributed by atoms with Crippen molar-refractivity contribution in [3.8, 4) is 0 Å². The number of nitrogens with two attached hydrogens (primary N) is 1. The largest absolute Gasteiger partial charge is 0.343 e. The number of hydrogen-bond donors (Lipinski definition) is 3. The van der Waals surface area contributed by atoms with Gasteiger partial charge in [0, 0.05) is 24.2 Å². The van der Waals surface area contributed by atoms with Crippen LogP contribution < -0.4 is 16.6 Å². The Morgan fingerprint density at radius 1 is 1.19 bits per heavy atom. The SMILES string of the molecule is C=C(NN)c1cnc(NC2(c3ccccn3)CCC2)nc1. The molecule has 3 rings (SSSR count). The van der Waals surface area contributed by atoms with E-state index < -0.39 is 0 Å². The van der Waals surface area contributed by atoms with Crippen molar-refractivity contribution in [2.45, 2.75) is 24.8 Å². The minimum absolute atomic E-state index is 0.147. The van der Waals surface area contributed by atoms with Gasteiger partial charge in [0.05, 0.1) is 16.9 Å². The average molecular weight is 282 g/mol. The molecule has 1 aliphatic carbocycles. The third-order valence-corrected chi connectivity index (χ3v) is 3.89. The third kappa shape index (κ3) is 2.57. The van der Waals surface area contributed by atoms with Gasteiger partial charge >= 0.3 is 0 Å². The van der Waals surface area contributed by atoms with Crippen LogP contribution in [0.3, 0.4) is 0 Å². The number of pyridine rings is 1. The fraction of sp³-hybridized carbons (Fsp3) is 0.267. The Morgan fingerprint density at radius 3 is 2.48 bits per heavy atom. The zero-order valence-corrected chi connectivity index (χ0v) is 11.7. The average Bonchev–Trinajstić information content (AvgIpc) is 2.51. The zero-order valence-electron chi connectivity index (χ0n) is 11.7. The second-order valence-corrected chi connectivity index (χ2v) is 5.19. The Bertz CT molecular complexity index is 618. The number of anilines is 1. The van der Waals surface area contributed by atoms with Gasteiger partial charge in [-0.2, -0.15) is 0 Å². The first-order valence-corrected chi connectivity index (χ1v) is 6.91. The lowest BCUT2D eigenvalue weighted by Crippen LogP contribution is -2.43. The van der Waals surface area contributed by atoms with Gasteiger partial charge in [-0.15, -0.1) is 0 Å². The molecule has 1 saturated carbocycles. The van der Waals surface area contributed by atoms with Crippen LogP contribution in [-0.2, 0) is 5.54 Å². The Morgan fingerprint density at radius 2 is 1.95 bits per heavy atom. The molecular weight excluding hydrogens is 264 g/mol. The third-order valence-electron chi connectivity index (χ3n) is 3.89. The van der Waals surface area contributed by atoms with Crippen molar-refractivity contribution >= 4 is 11.6 Å². The topological polar surface area (TPSA) is 88.8 Å². The van der Waals surface area contributed by atoms with Crippen molar-refractivity contribution in [2.75, 3.05) is 5.32 Å². The lowest BCUT2D eigenvalue weighted by atomic mass is 9.74. The van der Waals surface area contributed by atoms with Crippen LogP contribution in [0.1, 0.15) is 30.5 Å². The van der Waals surface area contributed by atoms with Gasteiger partial charge in [0.2, 0.25) is 5.95 Å². The van der Waals surface area contributed by atoms with Crippen LogP contribution in [0.5, 0.6) is 0 Å². The molecule has 2 heterocycles. The van der Waals surface area contributed by atoms with Crippen LogP contribution in [0.15, 0.2) is 43.4 Å². The van der Waals surface area contributed by atoms with E-state index in [1.807, 2.05) is 24.4 Å². The maximum absolute atomic E-state index is 5.32. The first-order chi connectivity index (χ1) is 10.2. The smallest absolute Gasteiger partial charge is 0.223 e. The number of hydrogen-bond acceptors (Lipinski definition) is 6. The van der Waals surface area contributed by atoms with Gasteiger partial charge in [-0.05, 0) is 31.4 Å². The minimum atomic E-state index is -0.147. The molecule has 2 aromatic rings. The zero-order chi connectivity index (χ0) is 14.7. The highest BCUT2D eigenvalue weighted by Crippen LogP contribution is 2.42. The molecule has 0 saturated heterocycles. The lowest BCUT2D eigenvalue weighted by Gasteiger charge is -2.42. The van der Waals surface area contributed by atoms with E-state index in [4.69, 9.17) is 5.84 Å². The first-order valence-electron chi connectivity index (χ1n) is 6.91. The van der Waals surface area contributed by atoms with Crippen molar-refractivity contribution in [2.24, 2.45) is 5.84 Å². The normalized spacial score (nSPS) is 15.9. The molecule has 21 heavy (non-hydrogen) atoms. The maximum atomic E-state index is 5.32. The van der Waals surface area contributed by atoms with Crippen LogP contribution in [0.2, 0.25) is 0 Å². The van der Waals surface area contributed by atoms with Gasteiger partial charge in [0.25, 0.3) is 0 Å². The Balaban J connectivity index is 1.80. The van der Waals surface area contributed by atoms with Crippen molar-refractivity contribution in [3.63, 3.8) is 0 Å². The molecule has 0 aliphatic heterocycles. The number of nitrogens with zero attached hydrogens (tertiary/aromatic N) is 3. The van der Waals surface area contributed by atoms with Crippen LogP contribution in [0, 0.1) is 0 Å². The minimum Gasteiger partial charge on any atom is -0.343 e. The van der Waals surface area contributed by atoms with E-state index in [1.165, 1.54) is 6.42 Å². The highest BCUT2D eigenvalue weighted by atomic mass is 15.2. The highest BCUT2D eigenvalue weighted by Gasteiger charge is 2.40. The number of rotatable bonds is 5. The summed E-state index contributed by atoms with van der Waals surface area (Å²) < 4.78 is 0. The number of aromatic nitrogens is 3. The number of nitrogens with one attached hydrogen (secondary N) is 2. The molecule has 6 heteroatoms. The molecule has 0 spiro atoms. The van der Waals surface area contributed by atoms with Gasteiger partial charge < -0.3 is 10.7 Å². The molecule has 1 aliphatic rings. The van der Waals surface area contributed by atoms with E-state index in [0.29, 0.717) is 11.6 Å². The van der Waals surface area contributed by atoms with Crippen molar-refractivity contribution < 1.29 is 0 Å². The van der Waals surface area contributed by atoms with E-state index in [0.717, 1.165) is 24.1 Å². The fourth-order valence-corrected chi connectivity index (χ4v) is 2.47. The molecule has 0 atom stereocenters. The Labute approximate surface area is 123 Å². The van der Waals surface area contributed by atoms with E-state index in [2.05, 4.69) is 32.3 Å². The van der Waals surface area contributed by atoms with Crippen molar-refractivity contribution in [1.82, 2.24) is 20.4 Å². The summed E-state index contributed by atoms with van der Waals surface area (Å²) in [6, 6.07) is 5.97. The first kappa shape index (κ1) is 13.5. The van der Waals surface area contributed by atoms with Crippen molar-refractivity contribution in [3.05, 3.63) is 54.6 Å². The van der Waals surface area contributed by atoms with Gasteiger partial charge in [0.1, 0.15) is 0 Å². The number of hydrazine groups is 1. The van der Waals surface area contributed by atoms with Crippen LogP contribution in [0.4, 0.5) is 5.95 Å². The predicted molar refractivity (Wildman–Crippen MR) is 81.8 cm³/mol. The van der Waals surface area contributed by atoms with Gasteiger partial charge in [-0.3, -0.25) is 10.8 Å². The lowest BCUT2D eigenvalue weighted by molar-refractivity contribution is 0.275. The Kier molecular flexibility index (Phi) is 3.53. The predicted octanol–water partition coefficient (Wildman–Crippen LogP) is 1.80. The summed E-state index contributed by atoms with van der Waals surface area (Å²) in [5.41, 5.74) is 4.74. The quantitative estimate of drug-likeness (QED) is 0.572. The summed E-state index contributed by atoms with van der Waals surface area (Å²) in [4.78, 5) is 13.1. The van der Waals surface area contributed by atoms with Crippen LogP contribution >= 0.6 is 0 Å². The summed E-state index contributed by atoms with van der Waals surface area (Å²) in [6.07, 6.45) is 8.45. The van der Waals surface area contributed by atoms with E-state index in [-0.39, 0.29) is 5.54 Å². The standard InChI is InChI=1S/C15H18N6/c1-11(21-16)12-9-18-14(19-10-12)20-15(6-4-7-15)13-5-2-3-8-17-13/h2-3,5,8-10,21H,1,4,6-7,16H2,(H,18,19,20). The second kappa shape index (κ2) is 5.49. The highest BCUT2D eigenvalue weighted by molar-refractivity contribution is 5.59. The maximum Gasteiger partial charge on any atom is 0.223 e. The molecule has 2 aromatic heterocycles. The second-order valence-electron chi connectivity index (χ2n) is 5.19. The van der Waals surface area contributed by atoms with E-state index >= 15 is 0 Å². The molecule has 0 radical (unpaired) electrons. The summed E-state index contributed by atoms with van der Waals surface area (Å²) in [6.45, 7) is 3.78. The molecule has 1 fully saturated rings. The molecule has 4 N–H and O–H groups in total. The molecule has 0 unspecified atom stereocenters. The van der Waals surface area contributed by atoms with E-state index in [9.17, 15) is 0 Å². The molecule has 0 amide bonds. The molecule has 108 valence electrons. The fourth-order valence-electron chi connectivity index (χ4n) is 2.47. The Hall–Kier alpha value is -2.47. The molecule has 0 aromatic carbocycles. The van der Waals surface area contributed by atoms with Crippen LogP contribution in [-0.4, -0.2) is 15.0 Å². The molecular formula is C15H18N6. The van der Waals surface area contributed by atoms with Crippen LogP contribution in [0.25, 0.3) is 5.70 Å². The molecule has 6 nitrogen and oxygen atoms in total. The summed E-state index contributed by atoms with van der Waals surface area (Å²) in [5, 5.41) is 3.43. The van der Waals surface area contributed by atoms with Gasteiger partial charge in [0.15, 0.2) is 0 Å². The van der Waals surface area contributed by atoms with Gasteiger partial charge in [-0.1, -0.05) is 12.6 Å². The molecule has 0 bridgehead atoms. The monoisotopic (exact) mass is 282 g/mol. The summed E-state index contributed by atoms with van der Waals surface area (Å²) in [5.74, 6) is 5.91. The van der Waals surface area contributed by atoms with Crippen molar-refractivity contribution in [1.29, 1.82) is 0 Å². The summed E-state index contributed by atoms with van der Waals surface area (Å²) >= 11 is 0.